The fourth-order valence-electron chi connectivity index (χ4n) is 3.87. The van der Waals surface area contributed by atoms with Crippen LogP contribution in [0.15, 0.2) is 48.8 Å². The van der Waals surface area contributed by atoms with Gasteiger partial charge in [-0.05, 0) is 63.4 Å². The third-order valence-electron chi connectivity index (χ3n) is 6.17. The van der Waals surface area contributed by atoms with Gasteiger partial charge in [0.1, 0.15) is 0 Å². The Bertz CT molecular complexity index is 1170. The van der Waals surface area contributed by atoms with Crippen LogP contribution in [0.2, 0.25) is 0 Å². The van der Waals surface area contributed by atoms with Crippen LogP contribution in [0, 0.1) is 30.9 Å². The van der Waals surface area contributed by atoms with Gasteiger partial charge in [0, 0.05) is 30.9 Å². The van der Waals surface area contributed by atoms with Gasteiger partial charge in [-0.2, -0.15) is 12.7 Å². The second-order valence-electron chi connectivity index (χ2n) is 9.43. The van der Waals surface area contributed by atoms with Gasteiger partial charge in [0.25, 0.3) is 0 Å². The molecule has 38 heavy (non-hydrogen) atoms. The molecule has 3 N–H and O–H groups in total. The standard InChI is InChI=1S/C20H25N4O2.C9H13N2.K/c1-4-6-15(13-21)20(26)23-18-11-16(9-8-14(18)2)22-19(25)12-17-7-5-10-24(17)3;1-7(2)8(3)9-5-10-11(4)6-9;/h4,8-9,11,13,17,21H,1,5,7,10,12H2,2-3H3,(H,22,25)(H,23,26);3,5-7H,1-2,4H3;/q2*-1;+1. The summed E-state index contributed by atoms with van der Waals surface area (Å²) in [5, 5.41) is 17.0. The second kappa shape index (κ2) is 16.7. The zero-order chi connectivity index (χ0) is 27.5. The fraction of sp³-hybridized carbons (Fsp3) is 0.379. The number of allylic oxidation sites excluding steroid dienone is 3. The number of aryl methyl sites for hydroxylation is 2. The normalized spacial score (nSPS) is 15.1. The third-order valence-corrected chi connectivity index (χ3v) is 6.17. The molecule has 2 amide bonds. The molecule has 1 aliphatic rings. The molecule has 0 spiro atoms. The first-order valence-corrected chi connectivity index (χ1v) is 12.3. The number of aromatic nitrogens is 2. The van der Waals surface area contributed by atoms with Crippen LogP contribution in [0.3, 0.4) is 0 Å². The van der Waals surface area contributed by atoms with Gasteiger partial charge < -0.3 is 25.7 Å². The van der Waals surface area contributed by atoms with Gasteiger partial charge in [-0.25, -0.2) is 10.7 Å². The van der Waals surface area contributed by atoms with Gasteiger partial charge >= 0.3 is 51.4 Å². The van der Waals surface area contributed by atoms with Crippen LogP contribution in [-0.4, -0.2) is 52.3 Å². The summed E-state index contributed by atoms with van der Waals surface area (Å²) >= 11 is 0. The summed E-state index contributed by atoms with van der Waals surface area (Å²) in [6, 6.07) is 5.65. The second-order valence-corrected chi connectivity index (χ2v) is 9.43. The quantitative estimate of drug-likeness (QED) is 0.148. The summed E-state index contributed by atoms with van der Waals surface area (Å²) in [7, 11) is 3.93. The van der Waals surface area contributed by atoms with Crippen LogP contribution in [0.5, 0.6) is 0 Å². The Hall–Kier alpha value is -2.14. The van der Waals surface area contributed by atoms with E-state index in [1.807, 2.05) is 39.3 Å². The summed E-state index contributed by atoms with van der Waals surface area (Å²) in [6.45, 7) is 16.3. The molecule has 0 aliphatic carbocycles. The predicted molar refractivity (Wildman–Crippen MR) is 150 cm³/mol. The zero-order valence-electron chi connectivity index (χ0n) is 23.5. The molecule has 9 heteroatoms. The van der Waals surface area contributed by atoms with Crippen molar-refractivity contribution in [1.29, 1.82) is 5.41 Å². The number of benzene rings is 1. The maximum Gasteiger partial charge on any atom is 1.00 e. The van der Waals surface area contributed by atoms with Crippen molar-refractivity contribution in [3.05, 3.63) is 72.6 Å². The maximum absolute atomic E-state index is 12.3. The van der Waals surface area contributed by atoms with Crippen molar-refractivity contribution in [2.45, 2.75) is 46.1 Å². The molecule has 0 bridgehead atoms. The maximum atomic E-state index is 12.3. The topological polar surface area (TPSA) is 103 Å². The van der Waals surface area contributed by atoms with Crippen molar-refractivity contribution >= 4 is 35.0 Å². The molecule has 1 aliphatic heterocycles. The Morgan fingerprint density at radius 3 is 2.55 bits per heavy atom. The zero-order valence-corrected chi connectivity index (χ0v) is 26.6. The molecule has 1 atom stereocenters. The van der Waals surface area contributed by atoms with E-state index in [0.717, 1.165) is 42.3 Å². The smallest absolute Gasteiger partial charge is 0.362 e. The molecule has 1 unspecified atom stereocenters. The van der Waals surface area contributed by atoms with E-state index in [9.17, 15) is 9.59 Å². The number of anilines is 2. The van der Waals surface area contributed by atoms with E-state index in [0.29, 0.717) is 23.7 Å². The van der Waals surface area contributed by atoms with Crippen LogP contribution < -0.4 is 62.0 Å². The Balaban J connectivity index is 0.000000505. The largest absolute Gasteiger partial charge is 1.00 e. The summed E-state index contributed by atoms with van der Waals surface area (Å²) in [4.78, 5) is 26.7. The molecule has 8 nitrogen and oxygen atoms in total. The minimum atomic E-state index is -0.445. The number of nitrogens with zero attached hydrogens (tertiary/aromatic N) is 3. The van der Waals surface area contributed by atoms with E-state index in [4.69, 9.17) is 12.0 Å². The molecule has 2 heterocycles. The van der Waals surface area contributed by atoms with Gasteiger partial charge in [0.2, 0.25) is 5.91 Å². The van der Waals surface area contributed by atoms with Gasteiger partial charge in [-0.1, -0.05) is 37.6 Å². The summed E-state index contributed by atoms with van der Waals surface area (Å²) in [6.07, 6.45) is 11.2. The molecule has 2 aromatic rings. The van der Waals surface area contributed by atoms with E-state index in [1.165, 1.54) is 6.08 Å². The van der Waals surface area contributed by atoms with Crippen LogP contribution in [0.4, 0.5) is 11.4 Å². The van der Waals surface area contributed by atoms with E-state index in [1.54, 1.807) is 16.9 Å². The number of hydrogen-bond donors (Lipinski definition) is 3. The number of carbonyl (C=O) groups is 2. The van der Waals surface area contributed by atoms with Crippen molar-refractivity contribution in [3.8, 4) is 0 Å². The van der Waals surface area contributed by atoms with E-state index in [2.05, 4.69) is 47.1 Å². The molecule has 198 valence electrons. The fourth-order valence-corrected chi connectivity index (χ4v) is 3.87. The van der Waals surface area contributed by atoms with Gasteiger partial charge in [-0.3, -0.25) is 16.1 Å². The van der Waals surface area contributed by atoms with E-state index >= 15 is 0 Å². The minimum absolute atomic E-state index is 0. The molecule has 3 rings (SSSR count). The Morgan fingerprint density at radius 2 is 2.03 bits per heavy atom. The number of likely N-dealkylation sites (tertiary alicyclic amines) is 1. The van der Waals surface area contributed by atoms with Crippen LogP contribution in [-0.2, 0) is 16.6 Å². The van der Waals surface area contributed by atoms with Gasteiger partial charge in [0.15, 0.2) is 5.91 Å². The number of carbonyl (C=O) groups excluding carboxylic acids is 2. The van der Waals surface area contributed by atoms with E-state index < -0.39 is 5.91 Å². The van der Waals surface area contributed by atoms with Crippen LogP contribution >= 0.6 is 0 Å². The predicted octanol–water partition coefficient (Wildman–Crippen LogP) is 1.82. The van der Waals surface area contributed by atoms with Crippen molar-refractivity contribution in [2.75, 3.05) is 24.2 Å². The van der Waals surface area contributed by atoms with E-state index in [-0.39, 0.29) is 68.9 Å². The monoisotopic (exact) mass is 541 g/mol. The van der Waals surface area contributed by atoms with Crippen LogP contribution in [0.25, 0.3) is 5.57 Å². The first-order chi connectivity index (χ1) is 17.5. The van der Waals surface area contributed by atoms with Crippen molar-refractivity contribution in [3.63, 3.8) is 0 Å². The third kappa shape index (κ3) is 10.6. The minimum Gasteiger partial charge on any atom is -0.362 e. The average Bonchev–Trinajstić information content (AvgIpc) is 3.47. The van der Waals surface area contributed by atoms with Crippen molar-refractivity contribution in [1.82, 2.24) is 14.7 Å². The molecule has 1 saturated heterocycles. The van der Waals surface area contributed by atoms with Gasteiger partial charge in [0.05, 0.1) is 0 Å². The summed E-state index contributed by atoms with van der Waals surface area (Å²) in [5.74, 6) is -0.0943. The number of amides is 2. The molecular formula is C29H38KN6O2-. The summed E-state index contributed by atoms with van der Waals surface area (Å²) in [5.41, 5.74) is 4.08. The Morgan fingerprint density at radius 1 is 1.32 bits per heavy atom. The first kappa shape index (κ1) is 33.9. The van der Waals surface area contributed by atoms with Crippen molar-refractivity contribution < 1.29 is 61.0 Å². The number of hydrogen-bond acceptors (Lipinski definition) is 5. The molecular weight excluding hydrogens is 503 g/mol. The molecule has 1 fully saturated rings. The van der Waals surface area contributed by atoms with Gasteiger partial charge in [-0.15, -0.1) is 11.6 Å². The number of rotatable bonds is 9. The van der Waals surface area contributed by atoms with Crippen molar-refractivity contribution in [2.24, 2.45) is 13.0 Å². The molecule has 1 aromatic carbocycles. The molecule has 1 aromatic heterocycles. The van der Waals surface area contributed by atoms with Crippen LogP contribution in [0.1, 0.15) is 44.2 Å². The summed E-state index contributed by atoms with van der Waals surface area (Å²) < 4.78 is 1.75. The Labute approximate surface area is 269 Å². The number of nitrogens with one attached hydrogen (secondary N) is 3. The average molecular weight is 542 g/mol. The first-order valence-electron chi connectivity index (χ1n) is 12.3. The molecule has 0 saturated carbocycles. The SMILES string of the molecule is C=C[C-]=C(C=N)C(=O)Nc1cc(NC(=O)CC2CCCN2C)ccc1C.[CH-]=C(c1cnn(C)c1)C(C)C.[K+]. The Kier molecular flexibility index (Phi) is 14.9. The molecule has 0 radical (unpaired) electrons.